The number of nitrogens with zero attached hydrogens (tertiary/aromatic N) is 4. The quantitative estimate of drug-likeness (QED) is 0.0576. The third-order valence-corrected chi connectivity index (χ3v) is 12.4. The van der Waals surface area contributed by atoms with Gasteiger partial charge in [-0.05, 0) is 35.7 Å². The second-order valence-corrected chi connectivity index (χ2v) is 19.3. The third-order valence-electron chi connectivity index (χ3n) is 6.82. The number of phenolic OH excluding ortho intramolecular Hbond substituents is 1. The van der Waals surface area contributed by atoms with Gasteiger partial charge in [0.1, 0.15) is 48.1 Å². The molecular weight excluding hydrogens is 893 g/mol. The number of hydrogen-bond acceptors (Lipinski definition) is 19. The maximum atomic E-state index is 14.6. The Morgan fingerprint density at radius 3 is 1.61 bits per heavy atom. The molecule has 24 nitrogen and oxygen atoms in total. The summed E-state index contributed by atoms with van der Waals surface area (Å²) in [6, 6.07) is 2.31. The lowest BCUT2D eigenvalue weighted by Gasteiger charge is -2.14. The first kappa shape index (κ1) is 44.0. The molecule has 32 heteroatoms. The van der Waals surface area contributed by atoms with Crippen molar-refractivity contribution in [3.05, 3.63) is 54.1 Å². The van der Waals surface area contributed by atoms with Crippen molar-refractivity contribution in [3.8, 4) is 5.75 Å². The van der Waals surface area contributed by atoms with Crippen LogP contribution in [0.5, 0.6) is 5.75 Å². The summed E-state index contributed by atoms with van der Waals surface area (Å²) >= 11 is 0. The second kappa shape index (κ2) is 15.0. The van der Waals surface area contributed by atoms with E-state index in [0.717, 1.165) is 0 Å². The van der Waals surface area contributed by atoms with Gasteiger partial charge < -0.3 is 10.8 Å². The van der Waals surface area contributed by atoms with E-state index in [4.69, 9.17) is 14.8 Å². The third kappa shape index (κ3) is 9.79. The number of azo groups is 2. The molecule has 0 aliphatic rings. The van der Waals surface area contributed by atoms with Crippen molar-refractivity contribution in [1.29, 1.82) is 0 Å². The van der Waals surface area contributed by atoms with E-state index < -0.39 is 154 Å². The normalized spacial score (nSPS) is 13.6. The van der Waals surface area contributed by atoms with Crippen LogP contribution in [-0.2, 0) is 64.9 Å². The first-order valence-corrected chi connectivity index (χ1v) is 22.4. The molecule has 0 aliphatic heterocycles. The minimum Gasteiger partial charge on any atom is -0.505 e. The van der Waals surface area contributed by atoms with Crippen LogP contribution in [0.2, 0.25) is 0 Å². The molecule has 0 heterocycles. The first-order valence-electron chi connectivity index (χ1n) is 13.7. The van der Waals surface area contributed by atoms with E-state index in [0.29, 0.717) is 24.3 Å². The molecule has 0 bridgehead atoms. The highest BCUT2D eigenvalue weighted by atomic mass is 32.3. The largest absolute Gasteiger partial charge is 0.505 e. The Kier molecular flexibility index (Phi) is 11.8. The highest BCUT2D eigenvalue weighted by molar-refractivity contribution is 7.91. The van der Waals surface area contributed by atoms with E-state index in [9.17, 15) is 78.1 Å². The zero-order valence-electron chi connectivity index (χ0n) is 26.5. The Bertz CT molecular complexity index is 3090. The van der Waals surface area contributed by atoms with E-state index in [1.807, 2.05) is 0 Å². The minimum atomic E-state index is -5.54. The zero-order chi connectivity index (χ0) is 42.6. The van der Waals surface area contributed by atoms with Crippen LogP contribution in [0.15, 0.2) is 87.4 Å². The molecule has 8 N–H and O–H groups in total. The lowest BCUT2D eigenvalue weighted by molar-refractivity contribution is 0.284. The number of phenols is 1. The van der Waals surface area contributed by atoms with Crippen LogP contribution in [0, 0.1) is 11.6 Å². The number of aromatic hydroxyl groups is 1. The number of benzene rings is 4. The van der Waals surface area contributed by atoms with Gasteiger partial charge in [-0.2, -0.15) is 42.1 Å². The van der Waals surface area contributed by atoms with Crippen molar-refractivity contribution >= 4 is 99.9 Å². The summed E-state index contributed by atoms with van der Waals surface area (Å²) in [5.41, 5.74) is 0.289. The molecule has 0 aromatic heterocycles. The second-order valence-electron chi connectivity index (χ2n) is 10.5. The Morgan fingerprint density at radius 1 is 0.589 bits per heavy atom. The summed E-state index contributed by atoms with van der Waals surface area (Å²) in [6.45, 7) is -1.15. The van der Waals surface area contributed by atoms with Crippen molar-refractivity contribution in [2.75, 3.05) is 18.1 Å². The van der Waals surface area contributed by atoms with Crippen molar-refractivity contribution < 1.29 is 91.3 Å². The standard InChI is InChI=1S/C24H19F2N5O19S6/c25-12-9-16(52(35,36)37)13(26)8-15(12)29-30-22-18(54(41,42)43)5-10-6-19(55(44,45)46)23(24(32)20(10)21(22)27)31-28-14-2-1-11(7-17(14)53(38,39)40)51(33,34)4-3-50-56(47,48)49/h1-2,5-9,32H,3-4,27H2,(H,35,36,37)(H,38,39,40)(H,41,42,43)(H,44,45,46)(H,47,48,49). The maximum Gasteiger partial charge on any atom is 0.397 e. The molecule has 4 aromatic rings. The van der Waals surface area contributed by atoms with E-state index in [1.165, 1.54) is 0 Å². The van der Waals surface area contributed by atoms with Gasteiger partial charge in [0.15, 0.2) is 21.4 Å². The molecule has 0 amide bonds. The molecule has 0 saturated heterocycles. The number of sulfone groups is 1. The number of fused-ring (bicyclic) bond motifs is 1. The lowest BCUT2D eigenvalue weighted by atomic mass is 10.1. The molecule has 304 valence electrons. The van der Waals surface area contributed by atoms with Crippen LogP contribution in [-0.4, -0.2) is 90.7 Å². The molecule has 4 aromatic carbocycles. The smallest absolute Gasteiger partial charge is 0.397 e. The van der Waals surface area contributed by atoms with Crippen LogP contribution in [0.4, 0.5) is 37.2 Å². The Labute approximate surface area is 312 Å². The highest BCUT2D eigenvalue weighted by Crippen LogP contribution is 2.48. The number of hydrogen-bond donors (Lipinski definition) is 7. The van der Waals surface area contributed by atoms with Crippen LogP contribution in [0.1, 0.15) is 0 Å². The summed E-state index contributed by atoms with van der Waals surface area (Å²) in [6.07, 6.45) is 0. The highest BCUT2D eigenvalue weighted by Gasteiger charge is 2.29. The van der Waals surface area contributed by atoms with Crippen molar-refractivity contribution in [2.45, 2.75) is 24.5 Å². The number of anilines is 1. The fraction of sp³-hybridized carbons (Fsp3) is 0.0833. The summed E-state index contributed by atoms with van der Waals surface area (Å²) in [5.74, 6) is -6.04. The molecule has 0 saturated carbocycles. The SMILES string of the molecule is Nc1c(N=Nc2cc(F)c(S(=O)(=O)O)cc2F)c(S(=O)(=O)O)cc2cc(S(=O)(=O)O)c(N=Nc3ccc(S(=O)(=O)CCOS(=O)(=O)O)cc3S(=O)(=O)O)c(O)c12. The topological polar surface area (TPSA) is 411 Å². The number of halogens is 2. The van der Waals surface area contributed by atoms with Gasteiger partial charge in [-0.15, -0.1) is 20.5 Å². The van der Waals surface area contributed by atoms with Crippen molar-refractivity contribution in [2.24, 2.45) is 20.5 Å². The Morgan fingerprint density at radius 2 is 1.09 bits per heavy atom. The van der Waals surface area contributed by atoms with E-state index in [1.54, 1.807) is 0 Å². The van der Waals surface area contributed by atoms with E-state index >= 15 is 0 Å². The number of nitrogen functional groups attached to an aromatic ring is 1. The van der Waals surface area contributed by atoms with Gasteiger partial charge >= 0.3 is 10.4 Å². The number of rotatable bonds is 13. The lowest BCUT2D eigenvalue weighted by Crippen LogP contribution is -2.16. The van der Waals surface area contributed by atoms with Crippen molar-refractivity contribution in [1.82, 2.24) is 0 Å². The average Bonchev–Trinajstić information content (AvgIpc) is 3.02. The molecule has 0 atom stereocenters. The van der Waals surface area contributed by atoms with Crippen molar-refractivity contribution in [3.63, 3.8) is 0 Å². The van der Waals surface area contributed by atoms with Gasteiger partial charge in [-0.1, -0.05) is 0 Å². The Hall–Kier alpha value is -4.74. The summed E-state index contributed by atoms with van der Waals surface area (Å²) in [5, 5.41) is 22.9. The first-order chi connectivity index (χ1) is 25.3. The summed E-state index contributed by atoms with van der Waals surface area (Å²) < 4.78 is 223. The average molecular weight is 912 g/mol. The Balaban J connectivity index is 1.97. The van der Waals surface area contributed by atoms with Crippen LogP contribution >= 0.6 is 0 Å². The minimum absolute atomic E-state index is 0.0327. The van der Waals surface area contributed by atoms with Gasteiger partial charge in [-0.3, -0.25) is 22.8 Å². The van der Waals surface area contributed by atoms with Gasteiger partial charge in [0.2, 0.25) is 0 Å². The molecule has 0 fully saturated rings. The van der Waals surface area contributed by atoms with E-state index in [2.05, 4.69) is 24.6 Å². The van der Waals surface area contributed by atoms with E-state index in [-0.39, 0.29) is 18.2 Å². The zero-order valence-corrected chi connectivity index (χ0v) is 31.4. The molecule has 56 heavy (non-hydrogen) atoms. The number of nitrogens with two attached hydrogens (primary N) is 1. The van der Waals surface area contributed by atoms with Crippen LogP contribution in [0.3, 0.4) is 0 Å². The van der Waals surface area contributed by atoms with Crippen LogP contribution in [0.25, 0.3) is 10.8 Å². The van der Waals surface area contributed by atoms with Gasteiger partial charge in [-0.25, -0.2) is 21.4 Å². The molecule has 0 spiro atoms. The molecule has 0 unspecified atom stereocenters. The summed E-state index contributed by atoms with van der Waals surface area (Å²) in [7, 11) is -31.5. The monoisotopic (exact) mass is 911 g/mol. The predicted molar refractivity (Wildman–Crippen MR) is 180 cm³/mol. The summed E-state index contributed by atoms with van der Waals surface area (Å²) in [4.78, 5) is -6.54. The molecule has 0 aliphatic carbocycles. The molecule has 4 rings (SSSR count). The van der Waals surface area contributed by atoms with Crippen LogP contribution < -0.4 is 5.73 Å². The molecule has 0 radical (unpaired) electrons. The van der Waals surface area contributed by atoms with Gasteiger partial charge in [0.25, 0.3) is 40.5 Å². The predicted octanol–water partition coefficient (Wildman–Crippen LogP) is 2.82. The fourth-order valence-electron chi connectivity index (χ4n) is 4.45. The maximum absolute atomic E-state index is 14.6. The fourth-order valence-corrected chi connectivity index (χ4v) is 8.57. The van der Waals surface area contributed by atoms with Gasteiger partial charge in [0.05, 0.1) is 28.3 Å². The molecular formula is C24H19F2N5O19S6. The van der Waals surface area contributed by atoms with Gasteiger partial charge in [0, 0.05) is 12.1 Å².